The Kier molecular flexibility index (Phi) is 5.19. The number of ether oxygens (including phenoxy) is 1. The predicted octanol–water partition coefficient (Wildman–Crippen LogP) is 1.24. The van der Waals surface area contributed by atoms with E-state index in [0.717, 1.165) is 37.1 Å². The normalized spacial score (nSPS) is 15.3. The van der Waals surface area contributed by atoms with E-state index >= 15 is 0 Å². The van der Waals surface area contributed by atoms with Gasteiger partial charge < -0.3 is 15.0 Å². The molecule has 0 aromatic rings. The minimum absolute atomic E-state index is 0.794. The molecule has 1 fully saturated rings. The van der Waals surface area contributed by atoms with Crippen molar-refractivity contribution in [1.29, 1.82) is 0 Å². The third-order valence-corrected chi connectivity index (χ3v) is 2.83. The van der Waals surface area contributed by atoms with Crippen LogP contribution in [0.4, 0.5) is 0 Å². The molecule has 1 N–H and O–H groups in total. The summed E-state index contributed by atoms with van der Waals surface area (Å²) in [7, 11) is 3.78. The van der Waals surface area contributed by atoms with E-state index in [4.69, 9.17) is 17.0 Å². The molecule has 0 unspecified atom stereocenters. The third kappa shape index (κ3) is 4.77. The van der Waals surface area contributed by atoms with Gasteiger partial charge in [0, 0.05) is 33.9 Å². The summed E-state index contributed by atoms with van der Waals surface area (Å²) < 4.78 is 4.96. The van der Waals surface area contributed by atoms with Crippen LogP contribution in [0.2, 0.25) is 0 Å². The highest BCUT2D eigenvalue weighted by Gasteiger charge is 2.23. The summed E-state index contributed by atoms with van der Waals surface area (Å²) in [5.74, 6) is 0.888. The Morgan fingerprint density at radius 2 is 2.29 bits per heavy atom. The van der Waals surface area contributed by atoms with Gasteiger partial charge in [-0.05, 0) is 37.4 Å². The molecule has 0 amide bonds. The van der Waals surface area contributed by atoms with Crippen LogP contribution in [0.25, 0.3) is 0 Å². The van der Waals surface area contributed by atoms with Crippen molar-refractivity contribution in [1.82, 2.24) is 10.2 Å². The van der Waals surface area contributed by atoms with E-state index in [1.807, 2.05) is 0 Å². The lowest BCUT2D eigenvalue weighted by atomic mass is 10.4. The molecular formula is C10H20N2OS. The van der Waals surface area contributed by atoms with Crippen LogP contribution in [0.15, 0.2) is 0 Å². The van der Waals surface area contributed by atoms with Crippen LogP contribution in [0.3, 0.4) is 0 Å². The van der Waals surface area contributed by atoms with Crippen molar-refractivity contribution >= 4 is 17.3 Å². The Bertz CT molecular complexity index is 183. The fraction of sp³-hybridized carbons (Fsp3) is 0.900. The lowest BCUT2D eigenvalue weighted by Crippen LogP contribution is -2.38. The number of thiocarbonyl (C=S) groups is 1. The van der Waals surface area contributed by atoms with Gasteiger partial charge >= 0.3 is 0 Å². The minimum Gasteiger partial charge on any atom is -0.385 e. The van der Waals surface area contributed by atoms with Gasteiger partial charge in [-0.15, -0.1) is 0 Å². The van der Waals surface area contributed by atoms with Gasteiger partial charge in [0.15, 0.2) is 5.11 Å². The van der Waals surface area contributed by atoms with E-state index in [1.54, 1.807) is 7.11 Å². The molecule has 0 saturated heterocycles. The summed E-state index contributed by atoms with van der Waals surface area (Å²) in [5, 5.41) is 4.10. The van der Waals surface area contributed by atoms with Gasteiger partial charge in [-0.3, -0.25) is 0 Å². The summed E-state index contributed by atoms with van der Waals surface area (Å²) in [6.07, 6.45) is 3.75. The van der Waals surface area contributed by atoms with E-state index in [9.17, 15) is 0 Å². The molecule has 82 valence electrons. The monoisotopic (exact) mass is 216 g/mol. The molecule has 1 aliphatic rings. The van der Waals surface area contributed by atoms with Crippen molar-refractivity contribution in [3.63, 3.8) is 0 Å². The van der Waals surface area contributed by atoms with E-state index in [2.05, 4.69) is 17.3 Å². The fourth-order valence-electron chi connectivity index (χ4n) is 1.32. The topological polar surface area (TPSA) is 24.5 Å². The standard InChI is InChI=1S/C10H20N2OS/c1-12(8-9-4-5-9)10(14)11-6-3-7-13-2/h9H,3-8H2,1-2H3,(H,11,14). The molecule has 0 spiro atoms. The second-order valence-corrected chi connectivity index (χ2v) is 4.29. The summed E-state index contributed by atoms with van der Waals surface area (Å²) in [6, 6.07) is 0. The highest BCUT2D eigenvalue weighted by Crippen LogP contribution is 2.29. The Morgan fingerprint density at radius 1 is 1.57 bits per heavy atom. The zero-order chi connectivity index (χ0) is 10.4. The first kappa shape index (κ1) is 11.7. The summed E-state index contributed by atoms with van der Waals surface area (Å²) >= 11 is 5.25. The Morgan fingerprint density at radius 3 is 2.86 bits per heavy atom. The summed E-state index contributed by atoms with van der Waals surface area (Å²) in [6.45, 7) is 2.81. The minimum atomic E-state index is 0.794. The number of hydrogen-bond donors (Lipinski definition) is 1. The van der Waals surface area contributed by atoms with Gasteiger partial charge in [0.1, 0.15) is 0 Å². The van der Waals surface area contributed by atoms with Gasteiger partial charge in [-0.25, -0.2) is 0 Å². The Balaban J connectivity index is 2.00. The van der Waals surface area contributed by atoms with E-state index < -0.39 is 0 Å². The maximum absolute atomic E-state index is 5.25. The van der Waals surface area contributed by atoms with Gasteiger partial charge in [0.25, 0.3) is 0 Å². The number of hydrogen-bond acceptors (Lipinski definition) is 2. The van der Waals surface area contributed by atoms with Crippen molar-refractivity contribution in [3.8, 4) is 0 Å². The number of nitrogens with one attached hydrogen (secondary N) is 1. The second-order valence-electron chi connectivity index (χ2n) is 3.90. The summed E-state index contributed by atoms with van der Waals surface area (Å²) in [4.78, 5) is 2.14. The maximum atomic E-state index is 5.25. The Hall–Kier alpha value is -0.350. The van der Waals surface area contributed by atoms with Crippen molar-refractivity contribution in [2.24, 2.45) is 5.92 Å². The molecule has 1 rings (SSSR count). The summed E-state index contributed by atoms with van der Waals surface area (Å²) in [5.41, 5.74) is 0. The molecular weight excluding hydrogens is 196 g/mol. The van der Waals surface area contributed by atoms with Crippen LogP contribution in [0.5, 0.6) is 0 Å². The fourth-order valence-corrected chi connectivity index (χ4v) is 1.49. The molecule has 3 nitrogen and oxygen atoms in total. The molecule has 1 aliphatic carbocycles. The molecule has 0 heterocycles. The maximum Gasteiger partial charge on any atom is 0.168 e. The number of nitrogens with zero attached hydrogens (tertiary/aromatic N) is 1. The lowest BCUT2D eigenvalue weighted by molar-refractivity contribution is 0.195. The van der Waals surface area contributed by atoms with Gasteiger partial charge in [-0.2, -0.15) is 0 Å². The highest BCUT2D eigenvalue weighted by atomic mass is 32.1. The van der Waals surface area contributed by atoms with Crippen molar-refractivity contribution in [2.75, 3.05) is 33.9 Å². The lowest BCUT2D eigenvalue weighted by Gasteiger charge is -2.20. The van der Waals surface area contributed by atoms with Gasteiger partial charge in [-0.1, -0.05) is 0 Å². The average molecular weight is 216 g/mol. The SMILES string of the molecule is COCCCNC(=S)N(C)CC1CC1. The molecule has 4 heteroatoms. The number of methoxy groups -OCH3 is 1. The van der Waals surface area contributed by atoms with E-state index in [1.165, 1.54) is 12.8 Å². The van der Waals surface area contributed by atoms with Gasteiger partial charge in [0.05, 0.1) is 0 Å². The quantitative estimate of drug-likeness (QED) is 0.533. The molecule has 0 atom stereocenters. The average Bonchev–Trinajstić information content (AvgIpc) is 2.96. The molecule has 0 aromatic heterocycles. The predicted molar refractivity (Wildman–Crippen MR) is 62.4 cm³/mol. The Labute approximate surface area is 91.8 Å². The molecule has 0 radical (unpaired) electrons. The highest BCUT2D eigenvalue weighted by molar-refractivity contribution is 7.80. The molecule has 0 aliphatic heterocycles. The molecule has 1 saturated carbocycles. The van der Waals surface area contributed by atoms with Crippen LogP contribution in [-0.2, 0) is 4.74 Å². The first-order valence-electron chi connectivity index (χ1n) is 5.22. The third-order valence-electron chi connectivity index (χ3n) is 2.38. The van der Waals surface area contributed by atoms with E-state index in [-0.39, 0.29) is 0 Å². The largest absolute Gasteiger partial charge is 0.385 e. The van der Waals surface area contributed by atoms with Gasteiger partial charge in [0.2, 0.25) is 0 Å². The van der Waals surface area contributed by atoms with Crippen LogP contribution in [0.1, 0.15) is 19.3 Å². The molecule has 0 bridgehead atoms. The molecule has 14 heavy (non-hydrogen) atoms. The zero-order valence-electron chi connectivity index (χ0n) is 9.08. The van der Waals surface area contributed by atoms with E-state index in [0.29, 0.717) is 0 Å². The van der Waals surface area contributed by atoms with Crippen LogP contribution >= 0.6 is 12.2 Å². The van der Waals surface area contributed by atoms with Crippen molar-refractivity contribution < 1.29 is 4.74 Å². The molecule has 0 aromatic carbocycles. The smallest absolute Gasteiger partial charge is 0.168 e. The van der Waals surface area contributed by atoms with Crippen LogP contribution < -0.4 is 5.32 Å². The number of rotatable bonds is 6. The van der Waals surface area contributed by atoms with Crippen LogP contribution in [0, 0.1) is 5.92 Å². The zero-order valence-corrected chi connectivity index (χ0v) is 9.90. The first-order chi connectivity index (χ1) is 6.74. The van der Waals surface area contributed by atoms with Crippen LogP contribution in [-0.4, -0.2) is 43.9 Å². The second kappa shape index (κ2) is 6.19. The first-order valence-corrected chi connectivity index (χ1v) is 5.62. The van der Waals surface area contributed by atoms with Crippen molar-refractivity contribution in [3.05, 3.63) is 0 Å². The van der Waals surface area contributed by atoms with Crippen molar-refractivity contribution in [2.45, 2.75) is 19.3 Å².